The van der Waals surface area contributed by atoms with Crippen LogP contribution in [0.15, 0.2) is 0 Å². The summed E-state index contributed by atoms with van der Waals surface area (Å²) in [6, 6.07) is 0.376. The van der Waals surface area contributed by atoms with Crippen LogP contribution >= 0.6 is 0 Å². The van der Waals surface area contributed by atoms with Crippen molar-refractivity contribution in [1.29, 1.82) is 0 Å². The zero-order valence-electron chi connectivity index (χ0n) is 11.1. The molecular weight excluding hydrogens is 190 g/mol. The van der Waals surface area contributed by atoms with Crippen LogP contribution in [-0.4, -0.2) is 39.0 Å². The zero-order chi connectivity index (χ0) is 11.9. The topological polar surface area (TPSA) is 30.5 Å². The maximum Gasteiger partial charge on any atom is 0.0781 e. The average Bonchev–Trinajstić information content (AvgIpc) is 2.13. The molecule has 2 atom stereocenters. The second kappa shape index (κ2) is 7.20. The van der Waals surface area contributed by atoms with Gasteiger partial charge in [-0.3, -0.25) is 0 Å². The summed E-state index contributed by atoms with van der Waals surface area (Å²) in [5.74, 6) is 0. The molecule has 0 fully saturated rings. The number of likely N-dealkylation sites (N-methyl/N-ethyl adjacent to an activating group) is 1. The first kappa shape index (κ1) is 14.9. The molecule has 0 aliphatic rings. The van der Waals surface area contributed by atoms with Crippen molar-refractivity contribution in [2.24, 2.45) is 5.41 Å². The minimum absolute atomic E-state index is 0.170. The van der Waals surface area contributed by atoms with Gasteiger partial charge in [-0.2, -0.15) is 0 Å². The van der Waals surface area contributed by atoms with Crippen molar-refractivity contribution in [2.45, 2.75) is 46.8 Å². The molecule has 0 saturated carbocycles. The Hall–Kier alpha value is -0.120. The quantitative estimate of drug-likeness (QED) is 0.708. The van der Waals surface area contributed by atoms with Gasteiger partial charge in [0.25, 0.3) is 0 Å². The van der Waals surface area contributed by atoms with Crippen molar-refractivity contribution < 1.29 is 9.47 Å². The van der Waals surface area contributed by atoms with Crippen LogP contribution in [0.2, 0.25) is 0 Å². The lowest BCUT2D eigenvalue weighted by molar-refractivity contribution is -0.0217. The molecule has 0 aromatic heterocycles. The third-order valence-corrected chi connectivity index (χ3v) is 2.50. The number of nitrogens with one attached hydrogen (secondary N) is 1. The minimum atomic E-state index is 0.170. The van der Waals surface area contributed by atoms with Crippen molar-refractivity contribution >= 4 is 0 Å². The van der Waals surface area contributed by atoms with Crippen LogP contribution in [0.25, 0.3) is 0 Å². The lowest BCUT2D eigenvalue weighted by Gasteiger charge is -2.31. The van der Waals surface area contributed by atoms with Crippen LogP contribution in [0, 0.1) is 5.41 Å². The van der Waals surface area contributed by atoms with Gasteiger partial charge in [-0.1, -0.05) is 20.8 Å². The Labute approximate surface area is 94.5 Å². The van der Waals surface area contributed by atoms with Gasteiger partial charge in [0.2, 0.25) is 0 Å². The van der Waals surface area contributed by atoms with Gasteiger partial charge in [0.05, 0.1) is 19.3 Å². The summed E-state index contributed by atoms with van der Waals surface area (Å²) in [7, 11) is 1.98. The summed E-state index contributed by atoms with van der Waals surface area (Å²) in [6.07, 6.45) is 0.170. The van der Waals surface area contributed by atoms with Crippen LogP contribution in [0.1, 0.15) is 34.6 Å². The molecule has 0 radical (unpaired) electrons. The summed E-state index contributed by atoms with van der Waals surface area (Å²) in [4.78, 5) is 0. The van der Waals surface area contributed by atoms with E-state index in [1.54, 1.807) is 0 Å². The molecule has 0 heterocycles. The molecule has 3 heteroatoms. The highest BCUT2D eigenvalue weighted by molar-refractivity contribution is 4.78. The van der Waals surface area contributed by atoms with E-state index in [4.69, 9.17) is 9.47 Å². The first-order valence-electron chi connectivity index (χ1n) is 5.78. The van der Waals surface area contributed by atoms with Crippen molar-refractivity contribution in [3.8, 4) is 0 Å². The van der Waals surface area contributed by atoms with Gasteiger partial charge in [0, 0.05) is 12.6 Å². The molecule has 1 N–H and O–H groups in total. The van der Waals surface area contributed by atoms with Crippen LogP contribution in [0.3, 0.4) is 0 Å². The normalized spacial score (nSPS) is 16.4. The van der Waals surface area contributed by atoms with Crippen LogP contribution in [-0.2, 0) is 9.47 Å². The Kier molecular flexibility index (Phi) is 7.14. The molecule has 0 bridgehead atoms. The summed E-state index contributed by atoms with van der Waals surface area (Å²) in [5.41, 5.74) is 0.222. The molecule has 0 spiro atoms. The SMILES string of the molecule is CCOCC(C)OCC(NC)C(C)(C)C. The third-order valence-electron chi connectivity index (χ3n) is 2.50. The van der Waals surface area contributed by atoms with Gasteiger partial charge in [-0.05, 0) is 26.3 Å². The Morgan fingerprint density at radius 2 is 1.80 bits per heavy atom. The second-order valence-corrected chi connectivity index (χ2v) is 5.01. The van der Waals surface area contributed by atoms with E-state index in [1.807, 2.05) is 20.9 Å². The smallest absolute Gasteiger partial charge is 0.0781 e. The number of hydrogen-bond donors (Lipinski definition) is 1. The molecule has 15 heavy (non-hydrogen) atoms. The van der Waals surface area contributed by atoms with Crippen molar-refractivity contribution in [2.75, 3.05) is 26.9 Å². The Bertz CT molecular complexity index is 154. The van der Waals surface area contributed by atoms with Crippen molar-refractivity contribution in [3.05, 3.63) is 0 Å². The maximum atomic E-state index is 5.74. The molecule has 92 valence electrons. The number of ether oxygens (including phenoxy) is 2. The number of rotatable bonds is 7. The third kappa shape index (κ3) is 6.88. The van der Waals surface area contributed by atoms with E-state index in [9.17, 15) is 0 Å². The molecule has 0 rings (SSSR count). The fourth-order valence-electron chi connectivity index (χ4n) is 1.36. The van der Waals surface area contributed by atoms with E-state index < -0.39 is 0 Å². The van der Waals surface area contributed by atoms with Gasteiger partial charge >= 0.3 is 0 Å². The van der Waals surface area contributed by atoms with Gasteiger partial charge in [0.1, 0.15) is 0 Å². The van der Waals surface area contributed by atoms with Gasteiger partial charge in [-0.15, -0.1) is 0 Å². The molecular formula is C12H27NO2. The number of hydrogen-bond acceptors (Lipinski definition) is 3. The molecule has 0 amide bonds. The van der Waals surface area contributed by atoms with Crippen LogP contribution in [0.4, 0.5) is 0 Å². The monoisotopic (exact) mass is 217 g/mol. The van der Waals surface area contributed by atoms with E-state index in [2.05, 4.69) is 26.1 Å². The largest absolute Gasteiger partial charge is 0.379 e. The van der Waals surface area contributed by atoms with E-state index in [1.165, 1.54) is 0 Å². The lowest BCUT2D eigenvalue weighted by atomic mass is 9.87. The Balaban J connectivity index is 3.80. The van der Waals surface area contributed by atoms with E-state index in [0.29, 0.717) is 12.6 Å². The summed E-state index contributed by atoms with van der Waals surface area (Å²) >= 11 is 0. The fraction of sp³-hybridized carbons (Fsp3) is 1.00. The predicted octanol–water partition coefficient (Wildman–Crippen LogP) is 2.06. The van der Waals surface area contributed by atoms with E-state index >= 15 is 0 Å². The standard InChI is InChI=1S/C12H27NO2/c1-7-14-8-10(2)15-9-11(13-6)12(3,4)5/h10-11,13H,7-9H2,1-6H3. The summed E-state index contributed by atoms with van der Waals surface area (Å²) in [5, 5.41) is 3.29. The lowest BCUT2D eigenvalue weighted by Crippen LogP contribution is -2.42. The first-order valence-corrected chi connectivity index (χ1v) is 5.78. The highest BCUT2D eigenvalue weighted by Gasteiger charge is 2.23. The zero-order valence-corrected chi connectivity index (χ0v) is 11.1. The molecule has 2 unspecified atom stereocenters. The van der Waals surface area contributed by atoms with Gasteiger partial charge in [-0.25, -0.2) is 0 Å². The van der Waals surface area contributed by atoms with E-state index in [0.717, 1.165) is 13.2 Å². The first-order chi connectivity index (χ1) is 6.91. The average molecular weight is 217 g/mol. The van der Waals surface area contributed by atoms with Crippen molar-refractivity contribution in [3.63, 3.8) is 0 Å². The minimum Gasteiger partial charge on any atom is -0.379 e. The highest BCUT2D eigenvalue weighted by Crippen LogP contribution is 2.19. The Morgan fingerprint density at radius 3 is 2.20 bits per heavy atom. The highest BCUT2D eigenvalue weighted by atomic mass is 16.5. The molecule has 0 saturated heterocycles. The molecule has 0 aliphatic heterocycles. The second-order valence-electron chi connectivity index (χ2n) is 5.01. The van der Waals surface area contributed by atoms with Crippen LogP contribution in [0.5, 0.6) is 0 Å². The maximum absolute atomic E-state index is 5.74. The van der Waals surface area contributed by atoms with E-state index in [-0.39, 0.29) is 11.5 Å². The molecule has 0 aromatic carbocycles. The Morgan fingerprint density at radius 1 is 1.20 bits per heavy atom. The van der Waals surface area contributed by atoms with Crippen molar-refractivity contribution in [1.82, 2.24) is 5.32 Å². The molecule has 0 aromatic rings. The molecule has 0 aliphatic carbocycles. The summed E-state index contributed by atoms with van der Waals surface area (Å²) in [6.45, 7) is 12.8. The predicted molar refractivity (Wildman–Crippen MR) is 64.2 cm³/mol. The van der Waals surface area contributed by atoms with Crippen LogP contribution < -0.4 is 5.32 Å². The molecule has 3 nitrogen and oxygen atoms in total. The van der Waals surface area contributed by atoms with Gasteiger partial charge < -0.3 is 14.8 Å². The summed E-state index contributed by atoms with van der Waals surface area (Å²) < 4.78 is 11.0. The van der Waals surface area contributed by atoms with Gasteiger partial charge in [0.15, 0.2) is 0 Å². The fourth-order valence-corrected chi connectivity index (χ4v) is 1.36.